The summed E-state index contributed by atoms with van der Waals surface area (Å²) in [7, 11) is 0. The highest BCUT2D eigenvalue weighted by Gasteiger charge is 2.26. The van der Waals surface area contributed by atoms with Gasteiger partial charge in [-0.1, -0.05) is 23.7 Å². The molecule has 7 heteroatoms. The predicted molar refractivity (Wildman–Crippen MR) is 97.2 cm³/mol. The van der Waals surface area contributed by atoms with E-state index in [1.165, 1.54) is 0 Å². The topological polar surface area (TPSA) is 69.0 Å². The number of hydrogen-bond acceptors (Lipinski definition) is 4. The van der Waals surface area contributed by atoms with Crippen molar-refractivity contribution in [3.05, 3.63) is 76.8 Å². The largest absolute Gasteiger partial charge is 0.488 e. The van der Waals surface area contributed by atoms with Crippen LogP contribution in [0.5, 0.6) is 5.75 Å². The molecule has 6 nitrogen and oxygen atoms in total. The van der Waals surface area contributed by atoms with E-state index in [0.29, 0.717) is 23.8 Å². The summed E-state index contributed by atoms with van der Waals surface area (Å²) in [6.45, 7) is 1.06. The molecular formula is C19H17ClN4O2. The number of fused-ring (bicyclic) bond motifs is 1. The van der Waals surface area contributed by atoms with E-state index >= 15 is 0 Å². The van der Waals surface area contributed by atoms with Gasteiger partial charge in [-0.3, -0.25) is 14.5 Å². The molecule has 0 bridgehead atoms. The van der Waals surface area contributed by atoms with Gasteiger partial charge in [-0.25, -0.2) is 0 Å². The first-order chi connectivity index (χ1) is 12.7. The average molecular weight is 369 g/mol. The van der Waals surface area contributed by atoms with Crippen molar-refractivity contribution in [2.75, 3.05) is 0 Å². The first-order valence-corrected chi connectivity index (χ1v) is 8.71. The van der Waals surface area contributed by atoms with Gasteiger partial charge in [0.25, 0.3) is 5.91 Å². The van der Waals surface area contributed by atoms with E-state index in [0.717, 1.165) is 23.4 Å². The van der Waals surface area contributed by atoms with Crippen molar-refractivity contribution in [2.45, 2.75) is 25.6 Å². The van der Waals surface area contributed by atoms with E-state index < -0.39 is 0 Å². The highest BCUT2D eigenvalue weighted by atomic mass is 35.5. The van der Waals surface area contributed by atoms with E-state index in [-0.39, 0.29) is 12.0 Å². The Balaban J connectivity index is 1.34. The van der Waals surface area contributed by atoms with Crippen LogP contribution < -0.4 is 10.1 Å². The summed E-state index contributed by atoms with van der Waals surface area (Å²) < 4.78 is 7.76. The Morgan fingerprint density at radius 3 is 2.73 bits per heavy atom. The molecule has 1 atom stereocenters. The van der Waals surface area contributed by atoms with Gasteiger partial charge in [-0.05, 0) is 35.9 Å². The zero-order chi connectivity index (χ0) is 17.9. The fraction of sp³-hybridized carbons (Fsp3) is 0.211. The average Bonchev–Trinajstić information content (AvgIpc) is 3.20. The molecule has 1 aliphatic heterocycles. The smallest absolute Gasteiger partial charge is 0.272 e. The second-order valence-electron chi connectivity index (χ2n) is 6.14. The molecule has 1 amide bonds. The van der Waals surface area contributed by atoms with Crippen LogP contribution in [0.3, 0.4) is 0 Å². The minimum absolute atomic E-state index is 0.0195. The highest BCUT2D eigenvalue weighted by molar-refractivity contribution is 6.30. The maximum atomic E-state index is 12.3. The number of carbonyl (C=O) groups is 1. The minimum Gasteiger partial charge on any atom is -0.488 e. The van der Waals surface area contributed by atoms with E-state index in [2.05, 4.69) is 15.4 Å². The molecule has 1 aromatic carbocycles. The molecule has 0 saturated carbocycles. The summed E-state index contributed by atoms with van der Waals surface area (Å²) in [6, 6.07) is 12.9. The highest BCUT2D eigenvalue weighted by Crippen LogP contribution is 2.21. The lowest BCUT2D eigenvalue weighted by molar-refractivity contribution is 0.0944. The Morgan fingerprint density at radius 1 is 1.23 bits per heavy atom. The van der Waals surface area contributed by atoms with Gasteiger partial charge in [0.1, 0.15) is 17.5 Å². The second kappa shape index (κ2) is 7.17. The number of ether oxygens (including phenoxy) is 1. The van der Waals surface area contributed by atoms with Crippen molar-refractivity contribution in [3.63, 3.8) is 0 Å². The maximum Gasteiger partial charge on any atom is 0.272 e. The van der Waals surface area contributed by atoms with Crippen LogP contribution in [-0.4, -0.2) is 26.8 Å². The van der Waals surface area contributed by atoms with Crippen LogP contribution >= 0.6 is 11.6 Å². The standard InChI is InChI=1S/C19H17ClN4O2/c20-14-3-1-13(2-4-14)11-22-19(25)18-10-15-9-17(12-24(15)23-18)26-16-5-7-21-8-6-16/h1-8,10,17H,9,11-12H2,(H,22,25)/t17-/m0/s1. The van der Waals surface area contributed by atoms with Gasteiger partial charge in [-0.2, -0.15) is 5.10 Å². The van der Waals surface area contributed by atoms with Gasteiger partial charge in [0, 0.05) is 36.1 Å². The van der Waals surface area contributed by atoms with Crippen LogP contribution in [0.15, 0.2) is 54.9 Å². The molecule has 0 aliphatic carbocycles. The van der Waals surface area contributed by atoms with Gasteiger partial charge in [-0.15, -0.1) is 0 Å². The normalized spacial score (nSPS) is 15.5. The van der Waals surface area contributed by atoms with Crippen LogP contribution in [0.4, 0.5) is 0 Å². The number of nitrogens with zero attached hydrogens (tertiary/aromatic N) is 3. The Bertz CT molecular complexity index is 886. The Morgan fingerprint density at radius 2 is 2.00 bits per heavy atom. The number of halogens is 1. The zero-order valence-electron chi connectivity index (χ0n) is 13.9. The number of hydrogen-bond donors (Lipinski definition) is 1. The molecule has 0 fully saturated rings. The van der Waals surface area contributed by atoms with E-state index in [9.17, 15) is 4.79 Å². The molecule has 4 rings (SSSR count). The van der Waals surface area contributed by atoms with Crippen molar-refractivity contribution in [3.8, 4) is 5.75 Å². The lowest BCUT2D eigenvalue weighted by atomic mass is 10.2. The fourth-order valence-corrected chi connectivity index (χ4v) is 3.07. The SMILES string of the molecule is O=C(NCc1ccc(Cl)cc1)c1cc2n(n1)C[C@@H](Oc1ccncc1)C2. The summed E-state index contributed by atoms with van der Waals surface area (Å²) >= 11 is 5.86. The predicted octanol–water partition coefficient (Wildman–Crippen LogP) is 2.87. The Hall–Kier alpha value is -2.86. The van der Waals surface area contributed by atoms with E-state index in [1.807, 2.05) is 35.0 Å². The molecule has 2 aromatic heterocycles. The molecule has 1 N–H and O–H groups in total. The molecule has 1 aliphatic rings. The monoisotopic (exact) mass is 368 g/mol. The number of nitrogens with one attached hydrogen (secondary N) is 1. The molecule has 0 unspecified atom stereocenters. The minimum atomic E-state index is -0.187. The fourth-order valence-electron chi connectivity index (χ4n) is 2.94. The molecule has 132 valence electrons. The van der Waals surface area contributed by atoms with Gasteiger partial charge in [0.05, 0.1) is 6.54 Å². The third-order valence-electron chi connectivity index (χ3n) is 4.23. The molecule has 0 spiro atoms. The number of aromatic nitrogens is 3. The summed E-state index contributed by atoms with van der Waals surface area (Å²) in [5.41, 5.74) is 2.41. The molecule has 26 heavy (non-hydrogen) atoms. The summed E-state index contributed by atoms with van der Waals surface area (Å²) in [5.74, 6) is 0.602. The Kier molecular flexibility index (Phi) is 4.58. The van der Waals surface area contributed by atoms with Gasteiger partial charge < -0.3 is 10.1 Å². The Labute approximate surface area is 155 Å². The van der Waals surface area contributed by atoms with Crippen molar-refractivity contribution in [1.82, 2.24) is 20.1 Å². The summed E-state index contributed by atoms with van der Waals surface area (Å²) in [6.07, 6.45) is 4.14. The van der Waals surface area contributed by atoms with Crippen molar-refractivity contribution in [1.29, 1.82) is 0 Å². The van der Waals surface area contributed by atoms with Gasteiger partial charge >= 0.3 is 0 Å². The third-order valence-corrected chi connectivity index (χ3v) is 4.48. The summed E-state index contributed by atoms with van der Waals surface area (Å²) in [4.78, 5) is 16.3. The van der Waals surface area contributed by atoms with Crippen molar-refractivity contribution >= 4 is 17.5 Å². The van der Waals surface area contributed by atoms with Crippen molar-refractivity contribution in [2.24, 2.45) is 0 Å². The number of benzene rings is 1. The molecular weight excluding hydrogens is 352 g/mol. The maximum absolute atomic E-state index is 12.3. The van der Waals surface area contributed by atoms with E-state index in [1.54, 1.807) is 24.5 Å². The first-order valence-electron chi connectivity index (χ1n) is 8.33. The van der Waals surface area contributed by atoms with Crippen LogP contribution in [0.2, 0.25) is 5.02 Å². The molecule has 3 heterocycles. The van der Waals surface area contributed by atoms with Crippen LogP contribution in [0.1, 0.15) is 21.7 Å². The number of rotatable bonds is 5. The van der Waals surface area contributed by atoms with Crippen LogP contribution in [-0.2, 0) is 19.5 Å². The van der Waals surface area contributed by atoms with Gasteiger partial charge in [0.15, 0.2) is 0 Å². The second-order valence-corrected chi connectivity index (χ2v) is 6.58. The van der Waals surface area contributed by atoms with Crippen molar-refractivity contribution < 1.29 is 9.53 Å². The quantitative estimate of drug-likeness (QED) is 0.751. The lowest BCUT2D eigenvalue weighted by Gasteiger charge is -2.12. The molecule has 0 radical (unpaired) electrons. The lowest BCUT2D eigenvalue weighted by Crippen LogP contribution is -2.24. The molecule has 0 saturated heterocycles. The van der Waals surface area contributed by atoms with Crippen LogP contribution in [0, 0.1) is 0 Å². The van der Waals surface area contributed by atoms with E-state index in [4.69, 9.17) is 16.3 Å². The van der Waals surface area contributed by atoms with Gasteiger partial charge in [0.2, 0.25) is 0 Å². The number of amides is 1. The molecule has 3 aromatic rings. The zero-order valence-corrected chi connectivity index (χ0v) is 14.7. The van der Waals surface area contributed by atoms with Crippen LogP contribution in [0.25, 0.3) is 0 Å². The first kappa shape index (κ1) is 16.6. The number of carbonyl (C=O) groups excluding carboxylic acids is 1. The number of pyridine rings is 1. The third kappa shape index (κ3) is 3.70. The summed E-state index contributed by atoms with van der Waals surface area (Å²) in [5, 5.41) is 7.95.